The van der Waals surface area contributed by atoms with Gasteiger partial charge in [-0.2, -0.15) is 4.99 Å². The highest BCUT2D eigenvalue weighted by Crippen LogP contribution is 2.32. The molecule has 0 aromatic heterocycles. The van der Waals surface area contributed by atoms with Crippen LogP contribution in [0.1, 0.15) is 37.3 Å². The van der Waals surface area contributed by atoms with Gasteiger partial charge in [-0.3, -0.25) is 4.79 Å². The van der Waals surface area contributed by atoms with Gasteiger partial charge in [0.05, 0.1) is 5.92 Å². The maximum absolute atomic E-state index is 12.4. The first-order valence-electron chi connectivity index (χ1n) is 7.89. The van der Waals surface area contributed by atoms with E-state index in [1.165, 1.54) is 5.56 Å². The number of hydrogen-bond donors (Lipinski definition) is 2. The number of rotatable bonds is 5. The number of nitrogens with zero attached hydrogens (tertiary/aromatic N) is 1. The molecule has 0 aliphatic carbocycles. The van der Waals surface area contributed by atoms with Gasteiger partial charge in [-0.25, -0.2) is 0 Å². The van der Waals surface area contributed by atoms with Gasteiger partial charge >= 0.3 is 0 Å². The summed E-state index contributed by atoms with van der Waals surface area (Å²) < 4.78 is 0. The second-order valence-corrected chi connectivity index (χ2v) is 5.43. The Morgan fingerprint density at radius 2 is 1.74 bits per heavy atom. The number of aliphatic imine (C=N–C) groups is 1. The second-order valence-electron chi connectivity index (χ2n) is 5.43. The van der Waals surface area contributed by atoms with Gasteiger partial charge in [-0.1, -0.05) is 62.4 Å². The maximum Gasteiger partial charge on any atom is 0.256 e. The zero-order valence-corrected chi connectivity index (χ0v) is 13.6. The molecule has 0 aliphatic heterocycles. The predicted molar refractivity (Wildman–Crippen MR) is 95.1 cm³/mol. The molecule has 1 atom stereocenters. The number of benzene rings is 2. The minimum absolute atomic E-state index is 0.189. The summed E-state index contributed by atoms with van der Waals surface area (Å²) in [6.45, 7) is 4.07. The van der Waals surface area contributed by atoms with Crippen molar-refractivity contribution in [2.24, 2.45) is 16.5 Å². The van der Waals surface area contributed by atoms with Crippen molar-refractivity contribution in [1.82, 2.24) is 0 Å². The Labute approximate surface area is 137 Å². The summed E-state index contributed by atoms with van der Waals surface area (Å²) in [5, 5.41) is 0. The van der Waals surface area contributed by atoms with Crippen LogP contribution in [0.2, 0.25) is 0 Å². The molecule has 1 amide bonds. The molecule has 0 saturated heterocycles. The number of guanidine groups is 1. The van der Waals surface area contributed by atoms with E-state index in [-0.39, 0.29) is 17.8 Å². The predicted octanol–water partition coefficient (Wildman–Crippen LogP) is 3.21. The first kappa shape index (κ1) is 16.7. The van der Waals surface area contributed by atoms with E-state index in [1.807, 2.05) is 37.3 Å². The third kappa shape index (κ3) is 3.77. The van der Waals surface area contributed by atoms with Crippen molar-refractivity contribution < 1.29 is 4.79 Å². The average Bonchev–Trinajstić information content (AvgIpc) is 2.55. The first-order chi connectivity index (χ1) is 11.1. The van der Waals surface area contributed by atoms with Crippen LogP contribution in [0.15, 0.2) is 53.5 Å². The molecule has 1 unspecified atom stereocenters. The average molecular weight is 309 g/mol. The molecule has 4 N–H and O–H groups in total. The summed E-state index contributed by atoms with van der Waals surface area (Å²) in [4.78, 5) is 16.1. The summed E-state index contributed by atoms with van der Waals surface area (Å²) in [7, 11) is 0. The van der Waals surface area contributed by atoms with E-state index < -0.39 is 0 Å². The third-order valence-electron chi connectivity index (χ3n) is 3.97. The fourth-order valence-electron chi connectivity index (χ4n) is 2.95. The summed E-state index contributed by atoms with van der Waals surface area (Å²) in [5.74, 6) is -0.797. The van der Waals surface area contributed by atoms with Gasteiger partial charge < -0.3 is 11.5 Å². The van der Waals surface area contributed by atoms with Gasteiger partial charge in [0, 0.05) is 0 Å². The molecule has 0 heterocycles. The van der Waals surface area contributed by atoms with Crippen molar-refractivity contribution in [1.29, 1.82) is 0 Å². The third-order valence-corrected chi connectivity index (χ3v) is 3.97. The molecule has 0 spiro atoms. The van der Waals surface area contributed by atoms with Crippen molar-refractivity contribution in [3.05, 3.63) is 59.7 Å². The van der Waals surface area contributed by atoms with Crippen molar-refractivity contribution in [3.8, 4) is 11.1 Å². The highest BCUT2D eigenvalue weighted by Gasteiger charge is 2.22. The normalized spacial score (nSPS) is 11.7. The summed E-state index contributed by atoms with van der Waals surface area (Å²) in [6.07, 6.45) is 1.49. The number of carbonyl (C=O) groups excluding carboxylic acids is 1. The van der Waals surface area contributed by atoms with Gasteiger partial charge in [-0.05, 0) is 35.1 Å². The first-order valence-corrected chi connectivity index (χ1v) is 7.89. The molecule has 0 aliphatic rings. The molecule has 2 rings (SSSR count). The number of nitrogens with two attached hydrogens (primary N) is 2. The molecule has 2 aromatic rings. The van der Waals surface area contributed by atoms with E-state index in [2.05, 4.69) is 30.1 Å². The van der Waals surface area contributed by atoms with Crippen LogP contribution in [0.4, 0.5) is 0 Å². The van der Waals surface area contributed by atoms with Crippen LogP contribution in [-0.4, -0.2) is 11.9 Å². The number of amides is 1. The fourth-order valence-corrected chi connectivity index (χ4v) is 2.95. The highest BCUT2D eigenvalue weighted by atomic mass is 16.1. The van der Waals surface area contributed by atoms with E-state index in [0.717, 1.165) is 23.1 Å². The quantitative estimate of drug-likeness (QED) is 0.657. The number of carbonyl (C=O) groups is 1. The standard InChI is InChI=1S/C19H23N3O/c1-3-14-16(13-9-6-5-7-10-13)11-8-12-17(14)15(4-2)18(23)22-19(20)21/h5-12,15H,3-4H2,1-2H3,(H4,20,21,22,23). The lowest BCUT2D eigenvalue weighted by Gasteiger charge is -2.19. The molecule has 4 nitrogen and oxygen atoms in total. The van der Waals surface area contributed by atoms with Crippen molar-refractivity contribution in [2.75, 3.05) is 0 Å². The smallest absolute Gasteiger partial charge is 0.256 e. The van der Waals surface area contributed by atoms with Crippen LogP contribution in [0.3, 0.4) is 0 Å². The zero-order chi connectivity index (χ0) is 16.8. The van der Waals surface area contributed by atoms with Gasteiger partial charge in [0.25, 0.3) is 5.91 Å². The number of hydrogen-bond acceptors (Lipinski definition) is 1. The lowest BCUT2D eigenvalue weighted by molar-refractivity contribution is -0.119. The van der Waals surface area contributed by atoms with Gasteiger partial charge in [0.2, 0.25) is 0 Å². The van der Waals surface area contributed by atoms with E-state index in [9.17, 15) is 4.79 Å². The SMILES string of the molecule is CCc1c(-c2ccccc2)cccc1C(CC)C(=O)N=C(N)N. The zero-order valence-electron chi connectivity index (χ0n) is 13.6. The summed E-state index contributed by atoms with van der Waals surface area (Å²) >= 11 is 0. The molecular weight excluding hydrogens is 286 g/mol. The minimum atomic E-state index is -0.323. The van der Waals surface area contributed by atoms with E-state index in [4.69, 9.17) is 11.5 Å². The Morgan fingerprint density at radius 1 is 1.04 bits per heavy atom. The fraction of sp³-hybridized carbons (Fsp3) is 0.263. The van der Waals surface area contributed by atoms with Crippen LogP contribution >= 0.6 is 0 Å². The van der Waals surface area contributed by atoms with Gasteiger partial charge in [0.15, 0.2) is 5.96 Å². The molecule has 23 heavy (non-hydrogen) atoms. The van der Waals surface area contributed by atoms with Crippen LogP contribution < -0.4 is 11.5 Å². The summed E-state index contributed by atoms with van der Waals surface area (Å²) in [5.41, 5.74) is 15.2. The van der Waals surface area contributed by atoms with Gasteiger partial charge in [0.1, 0.15) is 0 Å². The van der Waals surface area contributed by atoms with Crippen LogP contribution in [0, 0.1) is 0 Å². The molecular formula is C19H23N3O. The maximum atomic E-state index is 12.4. The Kier molecular flexibility index (Phi) is 5.52. The van der Waals surface area contributed by atoms with Crippen molar-refractivity contribution >= 4 is 11.9 Å². The van der Waals surface area contributed by atoms with Gasteiger partial charge in [-0.15, -0.1) is 0 Å². The monoisotopic (exact) mass is 309 g/mol. The molecule has 2 aromatic carbocycles. The summed E-state index contributed by atoms with van der Waals surface area (Å²) in [6, 6.07) is 16.3. The highest BCUT2D eigenvalue weighted by molar-refractivity contribution is 5.95. The van der Waals surface area contributed by atoms with Crippen molar-refractivity contribution in [3.63, 3.8) is 0 Å². The Morgan fingerprint density at radius 3 is 2.30 bits per heavy atom. The second kappa shape index (κ2) is 7.58. The van der Waals surface area contributed by atoms with Crippen LogP contribution in [0.5, 0.6) is 0 Å². The molecule has 4 heteroatoms. The van der Waals surface area contributed by atoms with E-state index in [0.29, 0.717) is 6.42 Å². The Bertz CT molecular complexity index is 704. The van der Waals surface area contributed by atoms with E-state index >= 15 is 0 Å². The van der Waals surface area contributed by atoms with E-state index in [1.54, 1.807) is 0 Å². The van der Waals surface area contributed by atoms with Crippen molar-refractivity contribution in [2.45, 2.75) is 32.6 Å². The molecule has 0 saturated carbocycles. The lowest BCUT2D eigenvalue weighted by atomic mass is 9.86. The van der Waals surface area contributed by atoms with Crippen LogP contribution in [0.25, 0.3) is 11.1 Å². The molecule has 0 radical (unpaired) electrons. The Hall–Kier alpha value is -2.62. The largest absolute Gasteiger partial charge is 0.370 e. The topological polar surface area (TPSA) is 81.5 Å². The Balaban J connectivity index is 2.55. The van der Waals surface area contributed by atoms with Crippen LogP contribution in [-0.2, 0) is 11.2 Å². The molecule has 0 fully saturated rings. The molecule has 0 bridgehead atoms. The molecule has 120 valence electrons. The lowest BCUT2D eigenvalue weighted by Crippen LogP contribution is -2.26. The minimum Gasteiger partial charge on any atom is -0.370 e.